The summed E-state index contributed by atoms with van der Waals surface area (Å²) in [5.41, 5.74) is -2.83. The van der Waals surface area contributed by atoms with Crippen LogP contribution >= 0.6 is 0 Å². The summed E-state index contributed by atoms with van der Waals surface area (Å²) in [5, 5.41) is 34.2. The van der Waals surface area contributed by atoms with Gasteiger partial charge in [0, 0.05) is 18.7 Å². The second kappa shape index (κ2) is 8.57. The predicted molar refractivity (Wildman–Crippen MR) is 133 cm³/mol. The van der Waals surface area contributed by atoms with E-state index >= 15 is 0 Å². The Morgan fingerprint density at radius 2 is 1.80 bits per heavy atom. The molecule has 0 aromatic heterocycles. The van der Waals surface area contributed by atoms with Gasteiger partial charge < -0.3 is 20.1 Å². The number of para-hydroxylation sites is 1. The highest BCUT2D eigenvalue weighted by Gasteiger charge is 2.73. The molecule has 0 aliphatic heterocycles. The molecule has 35 heavy (non-hydrogen) atoms. The first-order chi connectivity index (χ1) is 16.3. The van der Waals surface area contributed by atoms with Gasteiger partial charge in [0.05, 0.1) is 12.0 Å². The maximum Gasteiger partial charge on any atom is 0.414 e. The topological polar surface area (TPSA) is 107 Å². The molecule has 3 aliphatic rings. The maximum atomic E-state index is 14.4. The van der Waals surface area contributed by atoms with E-state index in [1.54, 1.807) is 50.4 Å². The van der Waals surface area contributed by atoms with Crippen LogP contribution in [0.1, 0.15) is 41.0 Å². The number of amides is 1. The molecule has 1 aromatic rings. The van der Waals surface area contributed by atoms with Crippen LogP contribution in [0, 0.1) is 28.6 Å². The quantitative estimate of drug-likeness (QED) is 0.568. The van der Waals surface area contributed by atoms with Gasteiger partial charge in [-0.3, -0.25) is 9.69 Å². The summed E-state index contributed by atoms with van der Waals surface area (Å²) in [5.74, 6) is -1.05. The Morgan fingerprint density at radius 3 is 2.40 bits per heavy atom. The molecule has 7 nitrogen and oxygen atoms in total. The summed E-state index contributed by atoms with van der Waals surface area (Å²) >= 11 is 0. The van der Waals surface area contributed by atoms with Crippen molar-refractivity contribution in [1.82, 2.24) is 0 Å². The number of rotatable bonds is 3. The van der Waals surface area contributed by atoms with E-state index in [9.17, 15) is 24.9 Å². The third-order valence-corrected chi connectivity index (χ3v) is 9.15. The number of hydrogen-bond acceptors (Lipinski definition) is 6. The maximum absolute atomic E-state index is 14.4. The Bertz CT molecular complexity index is 1080. The SMILES string of the molecule is CC1=C[C@]23C(=O)[C@@H](C=C(CO)[C@@H](O)[C@]2(O)[C@H]1OC(=O)N(C)c1ccccc1)C(C)(C)[C@@H](C)C[C@H]3C. The lowest BCUT2D eigenvalue weighted by Gasteiger charge is -2.48. The number of ketones is 1. The highest BCUT2D eigenvalue weighted by atomic mass is 16.6. The third kappa shape index (κ3) is 3.43. The molecule has 0 radical (unpaired) electrons. The number of carbonyl (C=O) groups excluding carboxylic acids is 2. The highest BCUT2D eigenvalue weighted by Crippen LogP contribution is 2.62. The van der Waals surface area contributed by atoms with Gasteiger partial charge in [-0.25, -0.2) is 4.79 Å². The number of aliphatic hydroxyl groups is 3. The number of Topliss-reactive ketones (excluding diaryl/α,β-unsaturated/α-hetero) is 1. The van der Waals surface area contributed by atoms with Crippen molar-refractivity contribution in [2.45, 2.75) is 58.8 Å². The molecule has 7 heteroatoms. The molecule has 0 saturated heterocycles. The first-order valence-corrected chi connectivity index (χ1v) is 12.3. The molecule has 190 valence electrons. The van der Waals surface area contributed by atoms with Gasteiger partial charge in [0.25, 0.3) is 0 Å². The number of fused-ring (bicyclic) bond motifs is 1. The van der Waals surface area contributed by atoms with Gasteiger partial charge in [0.15, 0.2) is 17.5 Å². The molecular weight excluding hydrogens is 446 g/mol. The Kier molecular flexibility index (Phi) is 6.27. The minimum Gasteiger partial charge on any atom is -0.438 e. The molecule has 1 saturated carbocycles. The van der Waals surface area contributed by atoms with Gasteiger partial charge in [-0.05, 0) is 53.9 Å². The van der Waals surface area contributed by atoms with Crippen LogP contribution in [0.4, 0.5) is 10.5 Å². The molecule has 1 fully saturated rings. The van der Waals surface area contributed by atoms with Crippen molar-refractivity contribution in [3.8, 4) is 0 Å². The summed E-state index contributed by atoms with van der Waals surface area (Å²) < 4.78 is 5.88. The van der Waals surface area contributed by atoms with E-state index in [1.165, 1.54) is 4.90 Å². The van der Waals surface area contributed by atoms with Crippen molar-refractivity contribution in [2.75, 3.05) is 18.6 Å². The Labute approximate surface area is 207 Å². The second-order valence-corrected chi connectivity index (χ2v) is 11.2. The van der Waals surface area contributed by atoms with E-state index in [-0.39, 0.29) is 23.2 Å². The molecule has 2 bridgehead atoms. The van der Waals surface area contributed by atoms with Crippen LogP contribution in [0.5, 0.6) is 0 Å². The number of carbonyl (C=O) groups is 2. The molecule has 3 aliphatic carbocycles. The van der Waals surface area contributed by atoms with E-state index in [0.717, 1.165) is 0 Å². The fraction of sp³-hybridized carbons (Fsp3) is 0.571. The van der Waals surface area contributed by atoms with Crippen LogP contribution in [0.25, 0.3) is 0 Å². The van der Waals surface area contributed by atoms with Gasteiger partial charge >= 0.3 is 6.09 Å². The smallest absolute Gasteiger partial charge is 0.414 e. The van der Waals surface area contributed by atoms with Crippen molar-refractivity contribution < 1.29 is 29.6 Å². The zero-order chi connectivity index (χ0) is 25.9. The van der Waals surface area contributed by atoms with E-state index in [4.69, 9.17) is 4.74 Å². The predicted octanol–water partition coefficient (Wildman–Crippen LogP) is 3.49. The third-order valence-electron chi connectivity index (χ3n) is 9.15. The lowest BCUT2D eigenvalue weighted by atomic mass is 9.59. The van der Waals surface area contributed by atoms with Crippen molar-refractivity contribution >= 4 is 17.6 Å². The van der Waals surface area contributed by atoms with Crippen molar-refractivity contribution in [1.29, 1.82) is 0 Å². The fourth-order valence-corrected chi connectivity index (χ4v) is 6.59. The molecule has 3 N–H and O–H groups in total. The van der Waals surface area contributed by atoms with Crippen LogP contribution in [-0.2, 0) is 9.53 Å². The summed E-state index contributed by atoms with van der Waals surface area (Å²) in [6.07, 6.45) is 0.413. The van der Waals surface area contributed by atoms with Crippen LogP contribution in [0.2, 0.25) is 0 Å². The number of ether oxygens (including phenoxy) is 1. The van der Waals surface area contributed by atoms with Crippen LogP contribution in [0.15, 0.2) is 53.6 Å². The zero-order valence-corrected chi connectivity index (χ0v) is 21.4. The highest BCUT2D eigenvalue weighted by molar-refractivity contribution is 5.95. The minimum atomic E-state index is -2.16. The normalized spacial score (nSPS) is 38.0. The van der Waals surface area contributed by atoms with Crippen molar-refractivity contribution in [3.05, 3.63) is 53.6 Å². The van der Waals surface area contributed by atoms with E-state index < -0.39 is 47.3 Å². The number of hydrogen-bond donors (Lipinski definition) is 3. The number of nitrogens with zero attached hydrogens (tertiary/aromatic N) is 1. The van der Waals surface area contributed by atoms with Gasteiger partial charge in [-0.2, -0.15) is 0 Å². The summed E-state index contributed by atoms with van der Waals surface area (Å²) in [7, 11) is 1.56. The Morgan fingerprint density at radius 1 is 1.17 bits per heavy atom. The summed E-state index contributed by atoms with van der Waals surface area (Å²) in [6.45, 7) is 9.24. The van der Waals surface area contributed by atoms with Gasteiger partial charge in [0.2, 0.25) is 0 Å². The van der Waals surface area contributed by atoms with E-state index in [0.29, 0.717) is 17.7 Å². The molecule has 1 spiro atoms. The Hall–Kier alpha value is -2.48. The molecule has 4 rings (SSSR count). The first-order valence-electron chi connectivity index (χ1n) is 12.3. The molecule has 7 atom stereocenters. The second-order valence-electron chi connectivity index (χ2n) is 11.2. The lowest BCUT2D eigenvalue weighted by molar-refractivity contribution is -0.189. The Balaban J connectivity index is 1.85. The fourth-order valence-electron chi connectivity index (χ4n) is 6.59. The van der Waals surface area contributed by atoms with Gasteiger partial charge in [-0.1, -0.05) is 58.0 Å². The van der Waals surface area contributed by atoms with Gasteiger partial charge in [-0.15, -0.1) is 0 Å². The van der Waals surface area contributed by atoms with Crippen molar-refractivity contribution in [3.63, 3.8) is 0 Å². The number of anilines is 1. The van der Waals surface area contributed by atoms with E-state index in [2.05, 4.69) is 6.92 Å². The molecule has 0 heterocycles. The summed E-state index contributed by atoms with van der Waals surface area (Å²) in [6, 6.07) is 8.94. The monoisotopic (exact) mass is 483 g/mol. The lowest BCUT2D eigenvalue weighted by Crippen LogP contribution is -2.66. The molecular formula is C28H37NO6. The minimum absolute atomic E-state index is 0.126. The number of allylic oxidation sites excluding steroid dienone is 1. The molecule has 0 unspecified atom stereocenters. The number of benzene rings is 1. The van der Waals surface area contributed by atoms with Crippen LogP contribution in [0.3, 0.4) is 0 Å². The number of aliphatic hydroxyl groups excluding tert-OH is 2. The zero-order valence-electron chi connectivity index (χ0n) is 21.4. The first kappa shape index (κ1) is 25.6. The van der Waals surface area contributed by atoms with Gasteiger partial charge in [0.1, 0.15) is 6.10 Å². The average Bonchev–Trinajstić information content (AvgIpc) is 3.00. The van der Waals surface area contributed by atoms with Crippen molar-refractivity contribution in [2.24, 2.45) is 28.6 Å². The molecule has 1 aromatic carbocycles. The average molecular weight is 484 g/mol. The summed E-state index contributed by atoms with van der Waals surface area (Å²) in [4.78, 5) is 28.9. The largest absolute Gasteiger partial charge is 0.438 e. The standard InChI is InChI=1S/C28H37NO6/c1-16-14-27-18(3)12-17(2)26(4,5)21(23(27)32)13-19(15-30)22(31)28(27,34)24(16)35-25(33)29(6)20-10-8-7-9-11-20/h7-11,13-14,17-18,21-22,24,30-31,34H,12,15H2,1-6H3/t17-,18+,21+,22+,24-,27-,28-/m0/s1. The van der Waals surface area contributed by atoms with Crippen LogP contribution in [-0.4, -0.2) is 58.7 Å². The van der Waals surface area contributed by atoms with Crippen LogP contribution < -0.4 is 4.90 Å². The molecule has 1 amide bonds. The van der Waals surface area contributed by atoms with E-state index in [1.807, 2.05) is 26.8 Å².